The fraction of sp³-hybridized carbons (Fsp3) is 0.522. The number of hydrogen-bond donors (Lipinski definition) is 2. The van der Waals surface area contributed by atoms with Crippen LogP contribution in [0.25, 0.3) is 11.2 Å². The Labute approximate surface area is 192 Å². The van der Waals surface area contributed by atoms with E-state index in [2.05, 4.69) is 33.6 Å². The number of anilines is 1. The highest BCUT2D eigenvalue weighted by molar-refractivity contribution is 5.74. The first-order valence-corrected chi connectivity index (χ1v) is 11.5. The largest absolute Gasteiger partial charge is 0.491 e. The zero-order valence-electron chi connectivity index (χ0n) is 19.5. The summed E-state index contributed by atoms with van der Waals surface area (Å²) in [5, 5.41) is 10.8. The fourth-order valence-electron chi connectivity index (χ4n) is 4.21. The van der Waals surface area contributed by atoms with Gasteiger partial charge in [0.1, 0.15) is 18.5 Å². The molecular weight excluding hydrogens is 424 g/mol. The normalized spacial score (nSPS) is 15.8. The standard InChI is InChI=1S/C23H32N6O4/c1-4-16-7-6-8-18(13-16)33-15-17(30)14-29-19-20(26(3)23(32)25-21(19)31)24-22(29)28-11-9-27(5-2)10-12-28/h6-8,13,17,30H,4-5,9-12,14-15H2,1-3H3,(H,25,31,32)/t17-/m1/s1. The molecule has 1 atom stereocenters. The molecule has 4 rings (SSSR count). The number of H-pyrrole nitrogens is 1. The number of aliphatic hydroxyl groups is 1. The number of ether oxygens (including phenoxy) is 1. The van der Waals surface area contributed by atoms with Crippen LogP contribution in [0.2, 0.25) is 0 Å². The van der Waals surface area contributed by atoms with Crippen molar-refractivity contribution in [3.8, 4) is 5.75 Å². The van der Waals surface area contributed by atoms with Gasteiger partial charge in [-0.2, -0.15) is 4.98 Å². The number of likely N-dealkylation sites (N-methyl/N-ethyl adjacent to an activating group) is 1. The van der Waals surface area contributed by atoms with Gasteiger partial charge in [-0.25, -0.2) is 4.79 Å². The molecule has 178 valence electrons. The van der Waals surface area contributed by atoms with Crippen LogP contribution < -0.4 is 20.9 Å². The molecule has 2 aromatic heterocycles. The summed E-state index contributed by atoms with van der Waals surface area (Å²) in [6, 6.07) is 7.77. The third-order valence-electron chi connectivity index (χ3n) is 6.23. The van der Waals surface area contributed by atoms with Gasteiger partial charge in [-0.15, -0.1) is 0 Å². The third kappa shape index (κ3) is 4.81. The van der Waals surface area contributed by atoms with Crippen molar-refractivity contribution in [2.45, 2.75) is 32.9 Å². The van der Waals surface area contributed by atoms with Crippen molar-refractivity contribution in [2.75, 3.05) is 44.2 Å². The lowest BCUT2D eigenvalue weighted by molar-refractivity contribution is 0.0935. The van der Waals surface area contributed by atoms with Crippen LogP contribution in [0, 0.1) is 0 Å². The van der Waals surface area contributed by atoms with Gasteiger partial charge in [0.15, 0.2) is 11.2 Å². The van der Waals surface area contributed by atoms with E-state index in [9.17, 15) is 14.7 Å². The first-order valence-electron chi connectivity index (χ1n) is 11.5. The molecule has 0 saturated carbocycles. The summed E-state index contributed by atoms with van der Waals surface area (Å²) in [5.74, 6) is 1.28. The van der Waals surface area contributed by atoms with E-state index < -0.39 is 17.4 Å². The van der Waals surface area contributed by atoms with Gasteiger partial charge in [0.25, 0.3) is 5.56 Å². The number of piperazine rings is 1. The van der Waals surface area contributed by atoms with Crippen molar-refractivity contribution in [1.82, 2.24) is 24.0 Å². The van der Waals surface area contributed by atoms with Crippen LogP contribution in [0.5, 0.6) is 5.75 Å². The molecule has 0 aliphatic carbocycles. The average molecular weight is 457 g/mol. The molecule has 1 aliphatic heterocycles. The van der Waals surface area contributed by atoms with Gasteiger partial charge in [0, 0.05) is 33.2 Å². The van der Waals surface area contributed by atoms with Crippen LogP contribution in [0.1, 0.15) is 19.4 Å². The number of aliphatic hydroxyl groups excluding tert-OH is 1. The minimum absolute atomic E-state index is 0.0690. The summed E-state index contributed by atoms with van der Waals surface area (Å²) in [5.41, 5.74) is 0.711. The zero-order valence-corrected chi connectivity index (χ0v) is 19.5. The molecule has 1 aliphatic rings. The van der Waals surface area contributed by atoms with Crippen LogP contribution in [0.4, 0.5) is 5.95 Å². The molecule has 0 bridgehead atoms. The molecular formula is C23H32N6O4. The quantitative estimate of drug-likeness (QED) is 0.510. The summed E-state index contributed by atoms with van der Waals surface area (Å²) >= 11 is 0. The van der Waals surface area contributed by atoms with E-state index in [1.165, 1.54) is 4.57 Å². The van der Waals surface area contributed by atoms with Crippen molar-refractivity contribution in [3.63, 3.8) is 0 Å². The SMILES string of the molecule is CCc1cccc(OC[C@H](O)Cn2c(N3CCN(CC)CC3)nc3c2c(=O)[nH]c(=O)n3C)c1. The minimum atomic E-state index is -0.875. The summed E-state index contributed by atoms with van der Waals surface area (Å²) in [7, 11) is 1.58. The number of imidazole rings is 1. The van der Waals surface area contributed by atoms with Gasteiger partial charge in [-0.1, -0.05) is 26.0 Å². The number of benzene rings is 1. The molecule has 10 heteroatoms. The number of aryl methyl sites for hydroxylation is 2. The van der Waals surface area contributed by atoms with Crippen LogP contribution >= 0.6 is 0 Å². The van der Waals surface area contributed by atoms with E-state index in [0.717, 1.165) is 44.7 Å². The van der Waals surface area contributed by atoms with Crippen molar-refractivity contribution in [2.24, 2.45) is 7.05 Å². The van der Waals surface area contributed by atoms with Gasteiger partial charge >= 0.3 is 5.69 Å². The van der Waals surface area contributed by atoms with Crippen LogP contribution in [0.3, 0.4) is 0 Å². The maximum atomic E-state index is 12.7. The smallest absolute Gasteiger partial charge is 0.329 e. The Morgan fingerprint density at radius 3 is 2.64 bits per heavy atom. The number of aromatic amines is 1. The van der Waals surface area contributed by atoms with Gasteiger partial charge in [-0.05, 0) is 30.7 Å². The van der Waals surface area contributed by atoms with E-state index in [1.54, 1.807) is 11.6 Å². The highest BCUT2D eigenvalue weighted by atomic mass is 16.5. The Morgan fingerprint density at radius 1 is 1.18 bits per heavy atom. The Bertz CT molecular complexity index is 1220. The average Bonchev–Trinajstić information content (AvgIpc) is 3.21. The number of nitrogens with zero attached hydrogens (tertiary/aromatic N) is 5. The summed E-state index contributed by atoms with van der Waals surface area (Å²) < 4.78 is 8.86. The first kappa shape index (κ1) is 23.1. The fourth-order valence-corrected chi connectivity index (χ4v) is 4.21. The van der Waals surface area contributed by atoms with Crippen LogP contribution in [-0.4, -0.2) is 74.5 Å². The van der Waals surface area contributed by atoms with E-state index >= 15 is 0 Å². The first-order chi connectivity index (χ1) is 15.9. The molecule has 3 aromatic rings. The van der Waals surface area contributed by atoms with Crippen molar-refractivity contribution >= 4 is 17.1 Å². The lowest BCUT2D eigenvalue weighted by Gasteiger charge is -2.35. The maximum absolute atomic E-state index is 12.7. The van der Waals surface area contributed by atoms with Crippen molar-refractivity contribution in [3.05, 3.63) is 50.7 Å². The monoisotopic (exact) mass is 456 g/mol. The maximum Gasteiger partial charge on any atom is 0.329 e. The van der Waals surface area contributed by atoms with E-state index in [-0.39, 0.29) is 18.7 Å². The molecule has 2 N–H and O–H groups in total. The number of hydrogen-bond acceptors (Lipinski definition) is 7. The number of rotatable bonds is 8. The van der Waals surface area contributed by atoms with E-state index in [0.29, 0.717) is 17.3 Å². The molecule has 0 amide bonds. The molecule has 1 fully saturated rings. The minimum Gasteiger partial charge on any atom is -0.491 e. The van der Waals surface area contributed by atoms with Gasteiger partial charge < -0.3 is 24.2 Å². The van der Waals surface area contributed by atoms with E-state index in [1.807, 2.05) is 24.3 Å². The lowest BCUT2D eigenvalue weighted by atomic mass is 10.2. The second-order valence-electron chi connectivity index (χ2n) is 8.40. The zero-order chi connectivity index (χ0) is 23.5. The molecule has 0 unspecified atom stereocenters. The third-order valence-corrected chi connectivity index (χ3v) is 6.23. The molecule has 33 heavy (non-hydrogen) atoms. The molecule has 0 spiro atoms. The number of fused-ring (bicyclic) bond motifs is 1. The Hall–Kier alpha value is -3.11. The molecule has 1 aromatic carbocycles. The Balaban J connectivity index is 1.62. The summed E-state index contributed by atoms with van der Waals surface area (Å²) in [6.07, 6.45) is 0.0247. The number of nitrogens with one attached hydrogen (secondary N) is 1. The molecule has 10 nitrogen and oxygen atoms in total. The predicted molar refractivity (Wildman–Crippen MR) is 127 cm³/mol. The Morgan fingerprint density at radius 2 is 1.94 bits per heavy atom. The summed E-state index contributed by atoms with van der Waals surface area (Å²) in [6.45, 7) is 8.64. The molecule has 1 saturated heterocycles. The van der Waals surface area contributed by atoms with Crippen LogP contribution in [-0.2, 0) is 20.0 Å². The lowest BCUT2D eigenvalue weighted by Crippen LogP contribution is -2.47. The predicted octanol–water partition coefficient (Wildman–Crippen LogP) is 0.568. The van der Waals surface area contributed by atoms with Crippen molar-refractivity contribution in [1.29, 1.82) is 0 Å². The second-order valence-corrected chi connectivity index (χ2v) is 8.40. The highest BCUT2D eigenvalue weighted by Gasteiger charge is 2.25. The second kappa shape index (κ2) is 9.80. The van der Waals surface area contributed by atoms with E-state index in [4.69, 9.17) is 4.74 Å². The Kier molecular flexibility index (Phi) is 6.85. The number of aromatic nitrogens is 4. The summed E-state index contributed by atoms with van der Waals surface area (Å²) in [4.78, 5) is 36.3. The highest BCUT2D eigenvalue weighted by Crippen LogP contribution is 2.22. The topological polar surface area (TPSA) is 109 Å². The van der Waals surface area contributed by atoms with Gasteiger partial charge in [-0.3, -0.25) is 14.3 Å². The van der Waals surface area contributed by atoms with Crippen LogP contribution in [0.15, 0.2) is 33.9 Å². The van der Waals surface area contributed by atoms with Gasteiger partial charge in [0.05, 0.1) is 6.54 Å². The molecule has 3 heterocycles. The van der Waals surface area contributed by atoms with Gasteiger partial charge in [0.2, 0.25) is 5.95 Å². The molecule has 0 radical (unpaired) electrons. The van der Waals surface area contributed by atoms with Crippen molar-refractivity contribution < 1.29 is 9.84 Å².